The summed E-state index contributed by atoms with van der Waals surface area (Å²) in [6.45, 7) is 7.06. The Hall–Kier alpha value is -3.29. The molecule has 0 bridgehead atoms. The van der Waals surface area contributed by atoms with Gasteiger partial charge in [-0.05, 0) is 23.1 Å². The van der Waals surface area contributed by atoms with Crippen molar-refractivity contribution >= 4 is 17.7 Å². The Bertz CT molecular complexity index is 877. The summed E-state index contributed by atoms with van der Waals surface area (Å²) in [5.41, 5.74) is 6.89. The summed E-state index contributed by atoms with van der Waals surface area (Å²) >= 11 is 0. The molecule has 1 aliphatic rings. The van der Waals surface area contributed by atoms with E-state index in [1.807, 2.05) is 36.4 Å². The number of carboxylic acid groups (broad SMARTS) is 1. The van der Waals surface area contributed by atoms with E-state index in [2.05, 4.69) is 35.8 Å². The molecule has 2 heterocycles. The third-order valence-electron chi connectivity index (χ3n) is 5.27. The van der Waals surface area contributed by atoms with Crippen molar-refractivity contribution in [3.63, 3.8) is 0 Å². The van der Waals surface area contributed by atoms with Crippen LogP contribution in [0, 0.1) is 5.41 Å². The highest BCUT2D eigenvalue weighted by molar-refractivity contribution is 5.96. The van der Waals surface area contributed by atoms with Gasteiger partial charge in [0, 0.05) is 24.8 Å². The SMILES string of the molecule is CC(C)(C)C1C(c2ccccc2)N(c2ccc(C(N)=NO)cn2)CCN1C(=O)O. The fraction of sp³-hybridized carbons (Fsp3) is 0.381. The zero-order valence-electron chi connectivity index (χ0n) is 16.9. The fourth-order valence-electron chi connectivity index (χ4n) is 4.02. The first-order valence-electron chi connectivity index (χ1n) is 9.49. The van der Waals surface area contributed by atoms with Gasteiger partial charge in [0.1, 0.15) is 5.82 Å². The number of hydrogen-bond acceptors (Lipinski definition) is 5. The molecule has 4 N–H and O–H groups in total. The van der Waals surface area contributed by atoms with Crippen molar-refractivity contribution in [1.29, 1.82) is 0 Å². The van der Waals surface area contributed by atoms with Crippen LogP contribution in [-0.2, 0) is 0 Å². The number of benzene rings is 1. The van der Waals surface area contributed by atoms with Crippen molar-refractivity contribution in [2.75, 3.05) is 18.0 Å². The van der Waals surface area contributed by atoms with Crippen LogP contribution in [0.15, 0.2) is 53.8 Å². The molecule has 1 amide bonds. The predicted octanol–water partition coefficient (Wildman–Crippen LogP) is 3.13. The largest absolute Gasteiger partial charge is 0.465 e. The topological polar surface area (TPSA) is 115 Å². The van der Waals surface area contributed by atoms with Gasteiger partial charge in [0.05, 0.1) is 12.1 Å². The lowest BCUT2D eigenvalue weighted by Gasteiger charge is -2.52. The van der Waals surface area contributed by atoms with E-state index in [0.29, 0.717) is 24.5 Å². The molecule has 2 atom stereocenters. The molecule has 3 rings (SSSR count). The van der Waals surface area contributed by atoms with Crippen LogP contribution in [0.2, 0.25) is 0 Å². The number of amides is 1. The molecule has 1 aliphatic heterocycles. The molecule has 0 radical (unpaired) electrons. The summed E-state index contributed by atoms with van der Waals surface area (Å²) in [5.74, 6) is 0.708. The highest BCUT2D eigenvalue weighted by atomic mass is 16.4. The molecule has 8 nitrogen and oxygen atoms in total. The Morgan fingerprint density at radius 2 is 1.86 bits per heavy atom. The molecule has 154 valence electrons. The number of aromatic nitrogens is 1. The summed E-state index contributed by atoms with van der Waals surface area (Å²) in [4.78, 5) is 20.2. The molecular formula is C21H27N5O3. The summed E-state index contributed by atoms with van der Waals surface area (Å²) < 4.78 is 0. The Kier molecular flexibility index (Phi) is 5.63. The third-order valence-corrected chi connectivity index (χ3v) is 5.27. The number of pyridine rings is 1. The van der Waals surface area contributed by atoms with Crippen LogP contribution in [0.25, 0.3) is 0 Å². The number of amidine groups is 1. The second kappa shape index (κ2) is 7.98. The maximum absolute atomic E-state index is 12.0. The van der Waals surface area contributed by atoms with Gasteiger partial charge in [-0.15, -0.1) is 0 Å². The summed E-state index contributed by atoms with van der Waals surface area (Å²) in [6.07, 6.45) is 0.642. The molecular weight excluding hydrogens is 370 g/mol. The van der Waals surface area contributed by atoms with Crippen molar-refractivity contribution in [2.45, 2.75) is 32.9 Å². The number of rotatable bonds is 3. The van der Waals surface area contributed by atoms with E-state index < -0.39 is 6.09 Å². The summed E-state index contributed by atoms with van der Waals surface area (Å²) in [6, 6.07) is 13.0. The van der Waals surface area contributed by atoms with E-state index in [9.17, 15) is 9.90 Å². The van der Waals surface area contributed by atoms with Gasteiger partial charge in [-0.2, -0.15) is 0 Å². The lowest BCUT2D eigenvalue weighted by molar-refractivity contribution is 0.0520. The monoisotopic (exact) mass is 397 g/mol. The van der Waals surface area contributed by atoms with Crippen molar-refractivity contribution in [2.24, 2.45) is 16.3 Å². The zero-order valence-corrected chi connectivity index (χ0v) is 16.9. The van der Waals surface area contributed by atoms with Crippen LogP contribution in [0.1, 0.15) is 37.9 Å². The van der Waals surface area contributed by atoms with E-state index >= 15 is 0 Å². The average Bonchev–Trinajstić information content (AvgIpc) is 2.72. The Morgan fingerprint density at radius 3 is 2.38 bits per heavy atom. The zero-order chi connectivity index (χ0) is 21.2. The highest BCUT2D eigenvalue weighted by Crippen LogP contribution is 2.42. The van der Waals surface area contributed by atoms with Crippen LogP contribution >= 0.6 is 0 Å². The number of oxime groups is 1. The molecule has 1 aromatic heterocycles. The van der Waals surface area contributed by atoms with Crippen LogP contribution in [0.3, 0.4) is 0 Å². The quantitative estimate of drug-likeness (QED) is 0.317. The second-order valence-corrected chi connectivity index (χ2v) is 8.23. The number of hydrogen-bond donors (Lipinski definition) is 3. The minimum atomic E-state index is -0.916. The van der Waals surface area contributed by atoms with E-state index in [1.165, 1.54) is 0 Å². The van der Waals surface area contributed by atoms with Gasteiger partial charge in [-0.3, -0.25) is 0 Å². The second-order valence-electron chi connectivity index (χ2n) is 8.23. The summed E-state index contributed by atoms with van der Waals surface area (Å²) in [5, 5.41) is 21.7. The van der Waals surface area contributed by atoms with Crippen molar-refractivity contribution in [3.05, 3.63) is 59.8 Å². The van der Waals surface area contributed by atoms with Crippen molar-refractivity contribution in [1.82, 2.24) is 9.88 Å². The lowest BCUT2D eigenvalue weighted by Crippen LogP contribution is -2.61. The first-order valence-corrected chi connectivity index (χ1v) is 9.49. The number of piperazine rings is 1. The lowest BCUT2D eigenvalue weighted by atomic mass is 9.77. The molecule has 1 saturated heterocycles. The van der Waals surface area contributed by atoms with E-state index in [0.717, 1.165) is 5.56 Å². The van der Waals surface area contributed by atoms with Crippen LogP contribution in [0.5, 0.6) is 0 Å². The predicted molar refractivity (Wildman–Crippen MR) is 111 cm³/mol. The van der Waals surface area contributed by atoms with Crippen LogP contribution in [-0.4, -0.2) is 51.3 Å². The minimum Gasteiger partial charge on any atom is -0.465 e. The van der Waals surface area contributed by atoms with Gasteiger partial charge in [0.25, 0.3) is 0 Å². The number of nitrogens with zero attached hydrogens (tertiary/aromatic N) is 4. The average molecular weight is 397 g/mol. The van der Waals surface area contributed by atoms with Gasteiger partial charge in [0.2, 0.25) is 0 Å². The molecule has 0 aliphatic carbocycles. The maximum Gasteiger partial charge on any atom is 0.407 e. The standard InChI is InChI=1S/C21H27N5O3/c1-21(2,3)18-17(14-7-5-4-6-8-14)25(11-12-26(18)20(27)28)16-10-9-15(13-23-16)19(22)24-29/h4-10,13,17-18,29H,11-12H2,1-3H3,(H2,22,24)(H,27,28). The Morgan fingerprint density at radius 1 is 1.17 bits per heavy atom. The molecule has 8 heteroatoms. The van der Waals surface area contributed by atoms with E-state index in [1.54, 1.807) is 17.2 Å². The molecule has 0 spiro atoms. The van der Waals surface area contributed by atoms with E-state index in [-0.39, 0.29) is 23.3 Å². The van der Waals surface area contributed by atoms with Gasteiger partial charge in [-0.1, -0.05) is 56.3 Å². The molecule has 1 aromatic carbocycles. The Labute approximate surface area is 170 Å². The molecule has 2 unspecified atom stereocenters. The van der Waals surface area contributed by atoms with Crippen molar-refractivity contribution < 1.29 is 15.1 Å². The van der Waals surface area contributed by atoms with Gasteiger partial charge in [0.15, 0.2) is 5.84 Å². The number of carbonyl (C=O) groups is 1. The minimum absolute atomic E-state index is 0.00748. The number of anilines is 1. The van der Waals surface area contributed by atoms with E-state index in [4.69, 9.17) is 10.9 Å². The molecule has 1 fully saturated rings. The first kappa shape index (κ1) is 20.4. The highest BCUT2D eigenvalue weighted by Gasteiger charge is 2.46. The smallest absolute Gasteiger partial charge is 0.407 e. The van der Waals surface area contributed by atoms with Crippen LogP contribution in [0.4, 0.5) is 10.6 Å². The molecule has 29 heavy (non-hydrogen) atoms. The normalized spacial score (nSPS) is 20.6. The molecule has 0 saturated carbocycles. The van der Waals surface area contributed by atoms with Crippen LogP contribution < -0.4 is 10.6 Å². The summed E-state index contributed by atoms with van der Waals surface area (Å²) in [7, 11) is 0. The third kappa shape index (κ3) is 4.11. The fourth-order valence-corrected chi connectivity index (χ4v) is 4.02. The molecule has 2 aromatic rings. The van der Waals surface area contributed by atoms with Gasteiger partial charge in [-0.25, -0.2) is 9.78 Å². The Balaban J connectivity index is 2.09. The van der Waals surface area contributed by atoms with Gasteiger partial charge < -0.3 is 25.8 Å². The maximum atomic E-state index is 12.0. The number of nitrogens with two attached hydrogens (primary N) is 1. The van der Waals surface area contributed by atoms with Crippen molar-refractivity contribution in [3.8, 4) is 0 Å². The van der Waals surface area contributed by atoms with Gasteiger partial charge >= 0.3 is 6.09 Å². The first-order chi connectivity index (χ1) is 13.7.